The average molecular weight is 474 g/mol. The SMILES string of the molecule is c1ccc(COC[C@@H](OCc2ccccc2)[C@H]2CC3(CCN2Cc2ccccc2)OCCO3)cc1. The number of piperidine rings is 1. The van der Waals surface area contributed by atoms with Crippen molar-refractivity contribution in [3.05, 3.63) is 108 Å². The summed E-state index contributed by atoms with van der Waals surface area (Å²) in [7, 11) is 0. The molecular weight excluding hydrogens is 438 g/mol. The number of rotatable bonds is 10. The molecule has 184 valence electrons. The number of nitrogens with zero attached hydrogens (tertiary/aromatic N) is 1. The van der Waals surface area contributed by atoms with Crippen molar-refractivity contribution in [1.82, 2.24) is 4.90 Å². The molecule has 1 spiro atoms. The zero-order valence-electron chi connectivity index (χ0n) is 20.3. The molecular formula is C30H35NO4. The van der Waals surface area contributed by atoms with Crippen molar-refractivity contribution < 1.29 is 18.9 Å². The maximum absolute atomic E-state index is 6.60. The average Bonchev–Trinajstić information content (AvgIpc) is 3.37. The van der Waals surface area contributed by atoms with Crippen LogP contribution in [0.4, 0.5) is 0 Å². The van der Waals surface area contributed by atoms with Gasteiger partial charge in [-0.15, -0.1) is 0 Å². The molecule has 2 aliphatic rings. The summed E-state index contributed by atoms with van der Waals surface area (Å²) in [5.74, 6) is -0.508. The first-order valence-corrected chi connectivity index (χ1v) is 12.6. The summed E-state index contributed by atoms with van der Waals surface area (Å²) >= 11 is 0. The van der Waals surface area contributed by atoms with Crippen molar-refractivity contribution >= 4 is 0 Å². The maximum Gasteiger partial charge on any atom is 0.171 e. The summed E-state index contributed by atoms with van der Waals surface area (Å²) in [6.07, 6.45) is 1.52. The standard InChI is InChI=1S/C30H35NO4/c1-4-10-25(11-5-1)21-31-17-16-30(34-18-19-35-30)20-28(31)29(33-23-27-14-8-3-9-15-27)24-32-22-26-12-6-2-7-13-26/h1-15,28-29H,16-24H2/t28-,29-/m1/s1. The third-order valence-electron chi connectivity index (χ3n) is 6.94. The quantitative estimate of drug-likeness (QED) is 0.405. The molecule has 2 heterocycles. The van der Waals surface area contributed by atoms with E-state index >= 15 is 0 Å². The van der Waals surface area contributed by atoms with Gasteiger partial charge in [-0.1, -0.05) is 91.0 Å². The summed E-state index contributed by atoms with van der Waals surface area (Å²) < 4.78 is 25.1. The Hall–Kier alpha value is -2.54. The van der Waals surface area contributed by atoms with Crippen LogP contribution in [0.15, 0.2) is 91.0 Å². The number of likely N-dealkylation sites (tertiary alicyclic amines) is 1. The fourth-order valence-electron chi connectivity index (χ4n) is 5.08. The minimum Gasteiger partial charge on any atom is -0.374 e. The van der Waals surface area contributed by atoms with Gasteiger partial charge in [0.25, 0.3) is 0 Å². The van der Waals surface area contributed by atoms with Gasteiger partial charge >= 0.3 is 0 Å². The molecule has 0 radical (unpaired) electrons. The van der Waals surface area contributed by atoms with Crippen LogP contribution in [-0.2, 0) is 38.7 Å². The van der Waals surface area contributed by atoms with E-state index in [-0.39, 0.29) is 12.1 Å². The third-order valence-corrected chi connectivity index (χ3v) is 6.94. The second-order valence-corrected chi connectivity index (χ2v) is 9.42. The zero-order valence-corrected chi connectivity index (χ0v) is 20.3. The molecule has 0 aromatic heterocycles. The zero-order chi connectivity index (χ0) is 23.8. The largest absolute Gasteiger partial charge is 0.374 e. The summed E-state index contributed by atoms with van der Waals surface area (Å²) in [5, 5.41) is 0. The molecule has 0 N–H and O–H groups in total. The van der Waals surface area contributed by atoms with Crippen molar-refractivity contribution in [2.45, 2.75) is 50.5 Å². The van der Waals surface area contributed by atoms with E-state index in [4.69, 9.17) is 18.9 Å². The van der Waals surface area contributed by atoms with Crippen molar-refractivity contribution in [3.63, 3.8) is 0 Å². The van der Waals surface area contributed by atoms with Gasteiger partial charge in [0.05, 0.1) is 39.1 Å². The highest BCUT2D eigenvalue weighted by molar-refractivity contribution is 5.16. The lowest BCUT2D eigenvalue weighted by molar-refractivity contribution is -0.213. The molecule has 0 aliphatic carbocycles. The minimum atomic E-state index is -0.508. The Morgan fingerprint density at radius 2 is 1.34 bits per heavy atom. The summed E-state index contributed by atoms with van der Waals surface area (Å²) in [6, 6.07) is 31.4. The second-order valence-electron chi connectivity index (χ2n) is 9.42. The Morgan fingerprint density at radius 3 is 1.97 bits per heavy atom. The molecule has 3 aromatic carbocycles. The van der Waals surface area contributed by atoms with Gasteiger partial charge in [-0.2, -0.15) is 0 Å². The van der Waals surface area contributed by atoms with Crippen molar-refractivity contribution in [2.24, 2.45) is 0 Å². The monoisotopic (exact) mass is 473 g/mol. The lowest BCUT2D eigenvalue weighted by atomic mass is 9.91. The van der Waals surface area contributed by atoms with Crippen LogP contribution in [0.5, 0.6) is 0 Å². The van der Waals surface area contributed by atoms with Crippen LogP contribution >= 0.6 is 0 Å². The van der Waals surface area contributed by atoms with Gasteiger partial charge in [0, 0.05) is 32.0 Å². The first kappa shape index (κ1) is 24.2. The van der Waals surface area contributed by atoms with Crippen LogP contribution in [0.25, 0.3) is 0 Å². The highest BCUT2D eigenvalue weighted by Gasteiger charge is 2.47. The van der Waals surface area contributed by atoms with Crippen LogP contribution in [0.3, 0.4) is 0 Å². The van der Waals surface area contributed by atoms with E-state index in [1.54, 1.807) is 0 Å². The lowest BCUT2D eigenvalue weighted by Gasteiger charge is -2.46. The van der Waals surface area contributed by atoms with E-state index in [2.05, 4.69) is 71.6 Å². The van der Waals surface area contributed by atoms with Crippen LogP contribution in [-0.4, -0.2) is 49.2 Å². The molecule has 2 aliphatic heterocycles. The van der Waals surface area contributed by atoms with Gasteiger partial charge < -0.3 is 18.9 Å². The van der Waals surface area contributed by atoms with Crippen LogP contribution < -0.4 is 0 Å². The van der Waals surface area contributed by atoms with Gasteiger partial charge in [0.15, 0.2) is 5.79 Å². The first-order chi connectivity index (χ1) is 17.3. The Bertz CT molecular complexity index is 1010. The molecule has 2 fully saturated rings. The minimum absolute atomic E-state index is 0.113. The van der Waals surface area contributed by atoms with Crippen LogP contribution in [0.1, 0.15) is 29.5 Å². The van der Waals surface area contributed by atoms with E-state index in [0.29, 0.717) is 33.0 Å². The molecule has 5 rings (SSSR count). The molecule has 35 heavy (non-hydrogen) atoms. The molecule has 0 amide bonds. The van der Waals surface area contributed by atoms with Crippen LogP contribution in [0, 0.1) is 0 Å². The van der Waals surface area contributed by atoms with E-state index in [9.17, 15) is 0 Å². The van der Waals surface area contributed by atoms with Crippen molar-refractivity contribution in [1.29, 1.82) is 0 Å². The van der Waals surface area contributed by atoms with Crippen molar-refractivity contribution in [3.8, 4) is 0 Å². The van der Waals surface area contributed by atoms with E-state index in [1.165, 1.54) is 5.56 Å². The van der Waals surface area contributed by atoms with E-state index in [0.717, 1.165) is 37.1 Å². The molecule has 2 saturated heterocycles. The Kier molecular flexibility index (Phi) is 8.24. The van der Waals surface area contributed by atoms with E-state index in [1.807, 2.05) is 24.3 Å². The number of ether oxygens (including phenoxy) is 4. The fourth-order valence-corrected chi connectivity index (χ4v) is 5.08. The smallest absolute Gasteiger partial charge is 0.171 e. The highest BCUT2D eigenvalue weighted by Crippen LogP contribution is 2.37. The normalized spacial score (nSPS) is 20.7. The van der Waals surface area contributed by atoms with Gasteiger partial charge in [0.1, 0.15) is 0 Å². The summed E-state index contributed by atoms with van der Waals surface area (Å²) in [4.78, 5) is 2.52. The Labute approximate surface area is 208 Å². The lowest BCUT2D eigenvalue weighted by Crippen LogP contribution is -2.56. The molecule has 2 atom stereocenters. The van der Waals surface area contributed by atoms with Crippen LogP contribution in [0.2, 0.25) is 0 Å². The summed E-state index contributed by atoms with van der Waals surface area (Å²) in [6.45, 7) is 4.69. The van der Waals surface area contributed by atoms with Crippen molar-refractivity contribution in [2.75, 3.05) is 26.4 Å². The van der Waals surface area contributed by atoms with Gasteiger partial charge in [-0.25, -0.2) is 0 Å². The number of hydrogen-bond donors (Lipinski definition) is 0. The molecule has 0 saturated carbocycles. The fraction of sp³-hybridized carbons (Fsp3) is 0.400. The van der Waals surface area contributed by atoms with E-state index < -0.39 is 5.79 Å². The predicted molar refractivity (Wildman–Crippen MR) is 136 cm³/mol. The highest BCUT2D eigenvalue weighted by atomic mass is 16.7. The number of hydrogen-bond acceptors (Lipinski definition) is 5. The van der Waals surface area contributed by atoms with Gasteiger partial charge in [0.2, 0.25) is 0 Å². The Balaban J connectivity index is 1.34. The molecule has 5 heteroatoms. The molecule has 5 nitrogen and oxygen atoms in total. The first-order valence-electron chi connectivity index (χ1n) is 12.6. The van der Waals surface area contributed by atoms with Gasteiger partial charge in [-0.3, -0.25) is 4.90 Å². The Morgan fingerprint density at radius 1 is 0.771 bits per heavy atom. The number of benzene rings is 3. The molecule has 0 unspecified atom stereocenters. The predicted octanol–water partition coefficient (Wildman–Crippen LogP) is 5.20. The third kappa shape index (κ3) is 6.57. The topological polar surface area (TPSA) is 40.2 Å². The summed E-state index contributed by atoms with van der Waals surface area (Å²) in [5.41, 5.74) is 3.63. The molecule has 0 bridgehead atoms. The molecule has 3 aromatic rings. The maximum atomic E-state index is 6.60. The second kappa shape index (κ2) is 11.9. The van der Waals surface area contributed by atoms with Gasteiger partial charge in [-0.05, 0) is 16.7 Å².